The molecular formula is C68H208O17Si25. The Hall–Kier alpha value is 3.38. The molecule has 0 atom stereocenters. The zero-order chi connectivity index (χ0) is 92.1. The number of hydrogen-bond acceptors (Lipinski definition) is 17. The molecule has 0 aliphatic rings. The van der Waals surface area contributed by atoms with Gasteiger partial charge in [-0.1, -0.05) is 216 Å². The van der Waals surface area contributed by atoms with Gasteiger partial charge in [0, 0.05) is 52.9 Å². The Morgan fingerprint density at radius 2 is 0.473 bits per heavy atom. The van der Waals surface area contributed by atoms with Crippen molar-refractivity contribution >= 4 is 227 Å². The molecular weight excluding hydrogens is 1790 g/mol. The first kappa shape index (κ1) is 154. The van der Waals surface area contributed by atoms with Crippen molar-refractivity contribution in [1.29, 1.82) is 0 Å². The topological polar surface area (TPSA) is 173 Å². The molecule has 0 bridgehead atoms. The molecule has 0 spiro atoms. The van der Waals surface area contributed by atoms with Gasteiger partial charge in [0.1, 0.15) is 48.8 Å². The molecule has 0 fully saturated rings. The van der Waals surface area contributed by atoms with Crippen LogP contribution in [0.5, 0.6) is 0 Å². The summed E-state index contributed by atoms with van der Waals surface area (Å²) in [5, 5.41) is 0. The van der Waals surface area contributed by atoms with Crippen molar-refractivity contribution in [2.45, 2.75) is 382 Å². The zero-order valence-electron chi connectivity index (χ0n) is 84.6. The summed E-state index contributed by atoms with van der Waals surface area (Å²) in [6.45, 7) is 120. The second kappa shape index (κ2) is 112. The molecule has 0 aromatic heterocycles. The highest BCUT2D eigenvalue weighted by Gasteiger charge is 2.38. The van der Waals surface area contributed by atoms with Crippen molar-refractivity contribution in [2.24, 2.45) is 0 Å². The van der Waals surface area contributed by atoms with E-state index in [4.69, 9.17) is 53.5 Å². The van der Waals surface area contributed by atoms with Crippen molar-refractivity contribution in [3.05, 3.63) is 49.1 Å². The molecule has 0 unspecified atom stereocenters. The van der Waals surface area contributed by atoms with Crippen molar-refractivity contribution in [3.8, 4) is 0 Å². The van der Waals surface area contributed by atoms with Gasteiger partial charge in [0.25, 0.3) is 17.4 Å². The van der Waals surface area contributed by atoms with Crippen molar-refractivity contribution in [2.75, 3.05) is 14.2 Å². The molecule has 0 saturated carbocycles. The lowest BCUT2D eigenvalue weighted by Crippen LogP contribution is -2.50. The Labute approximate surface area is 737 Å². The number of rotatable bonds is 40. The first-order chi connectivity index (χ1) is 50.7. The standard InChI is InChI=1S/2C8H18OSi2.2C7H24O3Si4.C4H18O3Si4.C4H16O2Si3.2C4H10OSi.2C4H12Si.2C2H8OSi.5C2H6/c2*1-7-10(3,4)9-11(5,6)8-2;2*1-11(2)8-14(7,9-12(3)4)10-13(5)6;1-8-5-11(4,6-9-2)7-10-3;1-7-5-9(3,4)6-8-2;2*1-3-4-6(2)5;2*1-3-4-5-2;2*1-3-4-2;5*1-2/h2*7-8H,1-2H2,3-6H3;2*11-13H,1-7H3;8-10H2,1-4H3;7-8H2,1-4H3;2*3-4H2,1-2H3;2*3-5H2,1-2H3;2*4H2,1-2H3;5*1-2H3. The van der Waals surface area contributed by atoms with E-state index in [0.717, 1.165) is 24.9 Å². The fraction of sp³-hybridized carbons (Fsp3) is 0.882. The van der Waals surface area contributed by atoms with E-state index < -0.39 is 140 Å². The van der Waals surface area contributed by atoms with Gasteiger partial charge in [0.05, 0.1) is 0 Å². The minimum atomic E-state index is -2.25. The lowest BCUT2D eigenvalue weighted by atomic mass is 10.6. The minimum absolute atomic E-state index is 0.0756. The van der Waals surface area contributed by atoms with Gasteiger partial charge in [0.2, 0.25) is 0 Å². The summed E-state index contributed by atoms with van der Waals surface area (Å²) in [5.41, 5.74) is 7.85. The van der Waals surface area contributed by atoms with Gasteiger partial charge in [-0.3, -0.25) is 0 Å². The van der Waals surface area contributed by atoms with Crippen LogP contribution in [0, 0.1) is 0 Å². The lowest BCUT2D eigenvalue weighted by Gasteiger charge is -2.32. The average Bonchev–Trinajstić information content (AvgIpc) is 0.896. The van der Waals surface area contributed by atoms with Crippen LogP contribution < -0.4 is 0 Å². The van der Waals surface area contributed by atoms with Crippen LogP contribution in [-0.4, -0.2) is 241 Å². The quantitative estimate of drug-likeness (QED) is 0.0530. The molecule has 0 saturated heterocycles. The molecule has 0 aromatic rings. The van der Waals surface area contributed by atoms with Crippen LogP contribution in [0.2, 0.25) is 260 Å². The monoisotopic (exact) mass is 2000 g/mol. The molecule has 17 nitrogen and oxygen atoms in total. The van der Waals surface area contributed by atoms with E-state index in [9.17, 15) is 8.92 Å². The van der Waals surface area contributed by atoms with E-state index >= 15 is 0 Å². The van der Waals surface area contributed by atoms with Crippen LogP contribution in [0.15, 0.2) is 49.1 Å². The molecule has 0 N–H and O–H groups in total. The Bertz CT molecular complexity index is 1560. The normalized spacial score (nSPS) is 12.0. The van der Waals surface area contributed by atoms with Gasteiger partial charge in [-0.2, -0.15) is 0 Å². The fourth-order valence-corrected chi connectivity index (χ4v) is 63.4. The summed E-state index contributed by atoms with van der Waals surface area (Å²) in [6.07, 6.45) is 4.94. The molecule has 0 aromatic carbocycles. The second-order valence-electron chi connectivity index (χ2n) is 27.4. The molecule has 0 radical (unpaired) electrons. The van der Waals surface area contributed by atoms with E-state index in [-0.39, 0.29) is 68.3 Å². The maximum absolute atomic E-state index is 10.2. The van der Waals surface area contributed by atoms with Gasteiger partial charge < -0.3 is 71.3 Å². The summed E-state index contributed by atoms with van der Waals surface area (Å²) in [5.74, 6) is 0. The Morgan fingerprint density at radius 1 is 0.309 bits per heavy atom. The summed E-state index contributed by atoms with van der Waals surface area (Å²) in [7, 11) is -20.5. The SMILES string of the molecule is C=C[Si](C)(C)O[Si](C)(C)C=C.C=C[Si](C)(C)O[Si](C)(C)C=C.CC.CC.CC.CC.CC.CCC[SiH2]C.CCC[SiH2]C.CCC[Si](C)=O.CCC[Si](C)=O.CO[SiH2]C.CO[SiH2]C.C[SiH2]O[Si](C)(C)O[SiH2]C.C[SiH2]O[Si](C)(O[SiH2]C)O[SiH2]C.C[SiH](C)O[Si](C)(O[SiH](C)C)O[SiH](C)C.C[SiH](C)O[Si](C)(O[SiH](C)C)O[SiH](C)C. The van der Waals surface area contributed by atoms with E-state index in [1.807, 2.05) is 112 Å². The molecule has 682 valence electrons. The molecule has 110 heavy (non-hydrogen) atoms. The van der Waals surface area contributed by atoms with Gasteiger partial charge in [0.15, 0.2) is 107 Å². The van der Waals surface area contributed by atoms with E-state index in [2.05, 4.69) is 265 Å². The van der Waals surface area contributed by atoms with Crippen LogP contribution >= 0.6 is 0 Å². The molecule has 0 aliphatic carbocycles. The maximum Gasteiger partial charge on any atom is 0.465 e. The van der Waals surface area contributed by atoms with Crippen molar-refractivity contribution in [3.63, 3.8) is 0 Å². The highest BCUT2D eigenvalue weighted by Crippen LogP contribution is 2.18. The van der Waals surface area contributed by atoms with E-state index in [0.29, 0.717) is 19.0 Å². The summed E-state index contributed by atoms with van der Waals surface area (Å²) in [6, 6.07) is 4.90. The average molecular weight is 2000 g/mol. The predicted octanol–water partition coefficient (Wildman–Crippen LogP) is 17.4. The third kappa shape index (κ3) is 170. The van der Waals surface area contributed by atoms with Crippen molar-refractivity contribution in [1.82, 2.24) is 0 Å². The van der Waals surface area contributed by atoms with Crippen LogP contribution in [0.3, 0.4) is 0 Å². The van der Waals surface area contributed by atoms with Gasteiger partial charge in [-0.15, -0.1) is 26.3 Å². The Kier molecular flexibility index (Phi) is 157. The van der Waals surface area contributed by atoms with Crippen LogP contribution in [0.25, 0.3) is 0 Å². The van der Waals surface area contributed by atoms with E-state index in [1.54, 1.807) is 27.3 Å². The fourth-order valence-electron chi connectivity index (χ4n) is 7.32. The smallest absolute Gasteiger partial charge is 0.449 e. The highest BCUT2D eigenvalue weighted by atomic mass is 28.5. The largest absolute Gasteiger partial charge is 0.465 e. The summed E-state index contributed by atoms with van der Waals surface area (Å²) in [4.78, 5) is 0. The maximum atomic E-state index is 10.2. The summed E-state index contributed by atoms with van der Waals surface area (Å²) >= 11 is 0. The molecule has 0 aliphatic heterocycles. The van der Waals surface area contributed by atoms with Crippen LogP contribution in [-0.2, 0) is 71.3 Å². The lowest BCUT2D eigenvalue weighted by molar-refractivity contribution is 0.278. The van der Waals surface area contributed by atoms with Gasteiger partial charge in [-0.25, -0.2) is 0 Å². The number of hydrogen-bond donors (Lipinski definition) is 0. The second-order valence-corrected chi connectivity index (χ2v) is 87.9. The minimum Gasteiger partial charge on any atom is -0.449 e. The van der Waals surface area contributed by atoms with Gasteiger partial charge in [-0.05, 0) is 169 Å². The zero-order valence-corrected chi connectivity index (χ0v) is 114. The Balaban J connectivity index is -0.0000000576. The first-order valence-corrected chi connectivity index (χ1v) is 104. The van der Waals surface area contributed by atoms with E-state index in [1.165, 1.54) is 24.9 Å². The molecule has 0 amide bonds. The highest BCUT2D eigenvalue weighted by molar-refractivity contribution is 6.90. The van der Waals surface area contributed by atoms with Crippen LogP contribution in [0.4, 0.5) is 0 Å². The Morgan fingerprint density at radius 3 is 0.545 bits per heavy atom. The summed E-state index contributed by atoms with van der Waals surface area (Å²) < 4.78 is 105. The van der Waals surface area contributed by atoms with Gasteiger partial charge >= 0.3 is 35.0 Å². The predicted molar refractivity (Wildman–Crippen MR) is 576 cm³/mol. The third-order valence-electron chi connectivity index (χ3n) is 11.1. The molecule has 42 heteroatoms. The first-order valence-electron chi connectivity index (χ1n) is 42.8. The third-order valence-corrected chi connectivity index (χ3v) is 69.1. The van der Waals surface area contributed by atoms with Crippen molar-refractivity contribution < 1.29 is 71.3 Å². The van der Waals surface area contributed by atoms with Crippen LogP contribution in [0.1, 0.15) is 123 Å². The molecule has 0 rings (SSSR count). The molecule has 0 heterocycles.